The maximum absolute atomic E-state index is 13.7. The average molecular weight is 942 g/mol. The number of carbonyl (C=O) groups is 6. The molecule has 0 fully saturated rings. The maximum atomic E-state index is 13.7. The normalized spacial score (nSPS) is 13.3. The van der Waals surface area contributed by atoms with Crippen LogP contribution < -0.4 is 10.2 Å². The van der Waals surface area contributed by atoms with Gasteiger partial charge in [-0.15, -0.1) is 16.4 Å². The van der Waals surface area contributed by atoms with Crippen LogP contribution in [-0.4, -0.2) is 93.6 Å². The van der Waals surface area contributed by atoms with Crippen molar-refractivity contribution >= 4 is 59.5 Å². The van der Waals surface area contributed by atoms with Gasteiger partial charge in [-0.2, -0.15) is 15.3 Å². The van der Waals surface area contributed by atoms with Crippen LogP contribution >= 0.6 is 11.3 Å². The summed E-state index contributed by atoms with van der Waals surface area (Å²) in [6, 6.07) is 37.1. The number of nitrogens with one attached hydrogen (secondary N) is 1. The van der Waals surface area contributed by atoms with Crippen LogP contribution in [0.4, 0.5) is 0 Å². The quantitative estimate of drug-likeness (QED) is 0.0424. The van der Waals surface area contributed by atoms with Gasteiger partial charge in [-0.05, 0) is 28.8 Å². The van der Waals surface area contributed by atoms with Crippen molar-refractivity contribution in [2.45, 2.75) is 65.6 Å². The molecule has 0 aliphatic heterocycles. The molecule has 19 heteroatoms. The van der Waals surface area contributed by atoms with E-state index < -0.39 is 66.8 Å². The van der Waals surface area contributed by atoms with E-state index in [1.165, 1.54) is 11.3 Å². The van der Waals surface area contributed by atoms with Gasteiger partial charge in [0.25, 0.3) is 5.91 Å². The first-order chi connectivity index (χ1) is 32.7. The van der Waals surface area contributed by atoms with E-state index in [9.17, 15) is 28.8 Å². The predicted molar refractivity (Wildman–Crippen MR) is 251 cm³/mol. The van der Waals surface area contributed by atoms with Gasteiger partial charge in [0.1, 0.15) is 18.8 Å². The second kappa shape index (κ2) is 23.7. The van der Waals surface area contributed by atoms with E-state index >= 15 is 0 Å². The van der Waals surface area contributed by atoms with E-state index in [-0.39, 0.29) is 6.54 Å². The Morgan fingerprint density at radius 2 is 1.22 bits per heavy atom. The first kappa shape index (κ1) is 49.1. The molecule has 0 aliphatic rings. The largest absolute Gasteiger partial charge is 0.462 e. The fourth-order valence-corrected chi connectivity index (χ4v) is 7.68. The van der Waals surface area contributed by atoms with Crippen molar-refractivity contribution in [3.8, 4) is 39.3 Å². The number of amides is 1. The van der Waals surface area contributed by atoms with Crippen molar-refractivity contribution in [3.05, 3.63) is 137 Å². The summed E-state index contributed by atoms with van der Waals surface area (Å²) >= 11 is 1.24. The number of benzene rings is 4. The van der Waals surface area contributed by atoms with E-state index in [0.29, 0.717) is 21.8 Å². The third kappa shape index (κ3) is 13.8. The molecule has 1 N–H and O–H groups in total. The Morgan fingerprint density at radius 1 is 0.662 bits per heavy atom. The number of carbonyl (C=O) groups excluding carboxylic acids is 6. The van der Waals surface area contributed by atoms with E-state index in [1.54, 1.807) is 15.5 Å². The van der Waals surface area contributed by atoms with Gasteiger partial charge in [0.2, 0.25) is 4.80 Å². The van der Waals surface area contributed by atoms with E-state index in [1.807, 2.05) is 127 Å². The lowest BCUT2D eigenvalue weighted by molar-refractivity contribution is -0.197. The monoisotopic (exact) mass is 941 g/mol. The minimum absolute atomic E-state index is 0.330. The molecule has 0 radical (unpaired) electrons. The lowest BCUT2D eigenvalue weighted by atomic mass is 10.0. The van der Waals surface area contributed by atoms with Gasteiger partial charge in [-0.1, -0.05) is 103 Å². The maximum Gasteiger partial charge on any atom is 0.303 e. The van der Waals surface area contributed by atoms with Crippen molar-refractivity contribution in [1.82, 2.24) is 19.8 Å². The molecule has 18 nitrogen and oxygen atoms in total. The van der Waals surface area contributed by atoms with Gasteiger partial charge >= 0.3 is 29.8 Å². The molecule has 0 saturated carbocycles. The van der Waals surface area contributed by atoms with Crippen LogP contribution in [0.25, 0.3) is 39.3 Å². The van der Waals surface area contributed by atoms with E-state index in [4.69, 9.17) is 28.8 Å². The standard InChI is InChI=1S/C49H47N7O11S/c1-31(57)63-29-44(65-33(3)59)48(67-35(5)61)47(66-34(4)60)43(64-32(2)58)26-51-52-45(62)28-55-42(38-17-11-7-12-18-38)30-68-49(55)53-50-25-40-27-56(41-19-13-8-14-20-41)54-46(40)39-23-21-37(22-24-39)36-15-9-6-10-16-36/h6-27,30,43-44,47-48H,28-29H2,1-5H3,(H,52,62)/b50-25+,51-26+,53-49-/t43-,44-,47-,48-/m1/s1. The highest BCUT2D eigenvalue weighted by Gasteiger charge is 2.43. The van der Waals surface area contributed by atoms with E-state index in [2.05, 4.69) is 20.7 Å². The van der Waals surface area contributed by atoms with Crippen LogP contribution in [0.1, 0.15) is 40.2 Å². The van der Waals surface area contributed by atoms with Crippen molar-refractivity contribution < 1.29 is 52.5 Å². The Kier molecular flexibility index (Phi) is 17.2. The average Bonchev–Trinajstić information content (AvgIpc) is 3.93. The van der Waals surface area contributed by atoms with Crippen LogP contribution in [0.2, 0.25) is 0 Å². The topological polar surface area (TPSA) is 220 Å². The Labute approximate surface area is 394 Å². The summed E-state index contributed by atoms with van der Waals surface area (Å²) in [5.74, 6) is -5.01. The zero-order chi connectivity index (χ0) is 48.6. The van der Waals surface area contributed by atoms with Crippen molar-refractivity contribution in [2.75, 3.05) is 6.61 Å². The lowest BCUT2D eigenvalue weighted by Crippen LogP contribution is -2.53. The number of nitrogens with zero attached hydrogens (tertiary/aromatic N) is 6. The molecule has 350 valence electrons. The highest BCUT2D eigenvalue weighted by molar-refractivity contribution is 7.07. The summed E-state index contributed by atoms with van der Waals surface area (Å²) in [7, 11) is 0. The molecule has 0 aliphatic carbocycles. The number of hydrazone groups is 1. The summed E-state index contributed by atoms with van der Waals surface area (Å²) in [6.45, 7) is 4.31. The van der Waals surface area contributed by atoms with Gasteiger partial charge in [0.15, 0.2) is 24.4 Å². The summed E-state index contributed by atoms with van der Waals surface area (Å²) in [4.78, 5) is 74.9. The first-order valence-electron chi connectivity index (χ1n) is 21.0. The van der Waals surface area contributed by atoms with Crippen LogP contribution in [-0.2, 0) is 59.0 Å². The predicted octanol–water partition coefficient (Wildman–Crippen LogP) is 6.06. The number of para-hydroxylation sites is 1. The minimum Gasteiger partial charge on any atom is -0.462 e. The highest BCUT2D eigenvalue weighted by Crippen LogP contribution is 2.27. The van der Waals surface area contributed by atoms with Crippen LogP contribution in [0.3, 0.4) is 0 Å². The molecule has 6 aromatic rings. The number of ether oxygens (including phenoxy) is 5. The van der Waals surface area contributed by atoms with Crippen molar-refractivity contribution in [2.24, 2.45) is 15.3 Å². The Hall–Kier alpha value is -8.32. The molecule has 2 aromatic heterocycles. The van der Waals surface area contributed by atoms with Crippen LogP contribution in [0.15, 0.2) is 142 Å². The second-order valence-electron chi connectivity index (χ2n) is 14.8. The number of thiazole rings is 1. The minimum atomic E-state index is -1.73. The number of rotatable bonds is 19. The Balaban J connectivity index is 1.30. The van der Waals surface area contributed by atoms with Crippen molar-refractivity contribution in [1.29, 1.82) is 0 Å². The second-order valence-corrected chi connectivity index (χ2v) is 15.7. The number of aromatic nitrogens is 3. The number of hydrogen-bond donors (Lipinski definition) is 1. The third-order valence-corrected chi connectivity index (χ3v) is 10.5. The molecule has 0 spiro atoms. The third-order valence-electron chi connectivity index (χ3n) is 9.64. The lowest BCUT2D eigenvalue weighted by Gasteiger charge is -2.34. The molecular formula is C49H47N7O11S. The molecule has 68 heavy (non-hydrogen) atoms. The van der Waals surface area contributed by atoms with Crippen LogP contribution in [0, 0.1) is 0 Å². The highest BCUT2D eigenvalue weighted by atomic mass is 32.1. The molecular weight excluding hydrogens is 895 g/mol. The molecule has 6 rings (SSSR count). The molecule has 0 saturated heterocycles. The van der Waals surface area contributed by atoms with Gasteiger partial charge in [-0.25, -0.2) is 10.1 Å². The van der Waals surface area contributed by atoms with E-state index in [0.717, 1.165) is 68.8 Å². The van der Waals surface area contributed by atoms with Gasteiger partial charge < -0.3 is 28.3 Å². The zero-order valence-corrected chi connectivity index (χ0v) is 38.4. The molecule has 1 amide bonds. The van der Waals surface area contributed by atoms with Gasteiger partial charge in [0.05, 0.1) is 23.8 Å². The summed E-state index contributed by atoms with van der Waals surface area (Å²) in [5, 5.41) is 19.8. The van der Waals surface area contributed by atoms with Gasteiger partial charge in [0, 0.05) is 57.3 Å². The molecule has 2 heterocycles. The molecule has 0 bridgehead atoms. The Morgan fingerprint density at radius 3 is 1.82 bits per heavy atom. The first-order valence-corrected chi connectivity index (χ1v) is 21.9. The smallest absolute Gasteiger partial charge is 0.303 e. The zero-order valence-electron chi connectivity index (χ0n) is 37.6. The number of esters is 5. The van der Waals surface area contributed by atoms with Crippen molar-refractivity contribution in [3.63, 3.8) is 0 Å². The summed E-state index contributed by atoms with van der Waals surface area (Å²) in [6.07, 6.45) is -2.22. The summed E-state index contributed by atoms with van der Waals surface area (Å²) < 4.78 is 30.0. The van der Waals surface area contributed by atoms with Gasteiger partial charge in [-0.3, -0.25) is 28.8 Å². The fraction of sp³-hybridized carbons (Fsp3) is 0.224. The Bertz CT molecular complexity index is 2840. The van der Waals surface area contributed by atoms with Crippen LogP contribution in [0.5, 0.6) is 0 Å². The SMILES string of the molecule is CC(=O)OC[C@@H](OC(C)=O)[C@@H](OC(C)=O)[C@H](OC(C)=O)[C@@H](/C=N/NC(=O)Cn1c(-c2ccccc2)cs/c1=N\N=C\c1cn(-c2ccccc2)nc1-c1ccc(-c2ccccc2)cc1)OC(C)=O. The number of hydrogen-bond acceptors (Lipinski definition) is 16. The molecule has 4 atom stereocenters. The molecule has 0 unspecified atom stereocenters. The fourth-order valence-electron chi connectivity index (χ4n) is 6.82. The molecule has 4 aromatic carbocycles. The summed E-state index contributed by atoms with van der Waals surface area (Å²) in [5.41, 5.74) is 9.00.